The fraction of sp³-hybridized carbons (Fsp3) is 0.286. The monoisotopic (exact) mass is 444 g/mol. The third-order valence-corrected chi connectivity index (χ3v) is 6.67. The van der Waals surface area contributed by atoms with E-state index >= 15 is 0 Å². The van der Waals surface area contributed by atoms with Crippen LogP contribution in [0.1, 0.15) is 56.1 Å². The molecule has 5 heteroatoms. The van der Waals surface area contributed by atoms with Crippen molar-refractivity contribution in [1.82, 2.24) is 0 Å². The van der Waals surface area contributed by atoms with E-state index in [2.05, 4.69) is 35.7 Å². The van der Waals surface area contributed by atoms with Gasteiger partial charge in [-0.2, -0.15) is 5.26 Å². The average molecular weight is 445 g/mol. The van der Waals surface area contributed by atoms with Gasteiger partial charge in [-0.15, -0.1) is 0 Å². The number of rotatable bonds is 6. The minimum Gasteiger partial charge on any atom is -0.326 e. The second kappa shape index (κ2) is 9.95. The number of anilines is 1. The summed E-state index contributed by atoms with van der Waals surface area (Å²) in [4.78, 5) is 12.6. The first-order valence-corrected chi connectivity index (χ1v) is 11.4. The van der Waals surface area contributed by atoms with Crippen molar-refractivity contribution in [3.8, 4) is 17.2 Å². The van der Waals surface area contributed by atoms with E-state index in [0.717, 1.165) is 48.9 Å². The molecule has 0 unspecified atom stereocenters. The van der Waals surface area contributed by atoms with Gasteiger partial charge in [0.15, 0.2) is 11.6 Å². The zero-order valence-corrected chi connectivity index (χ0v) is 18.4. The molecule has 168 valence electrons. The Labute approximate surface area is 193 Å². The third kappa shape index (κ3) is 5.28. The summed E-state index contributed by atoms with van der Waals surface area (Å²) in [5.74, 6) is -2.11. The van der Waals surface area contributed by atoms with Crippen LogP contribution in [0.4, 0.5) is 14.5 Å². The van der Waals surface area contributed by atoms with Gasteiger partial charge in [0.25, 0.3) is 0 Å². The fourth-order valence-corrected chi connectivity index (χ4v) is 4.85. The van der Waals surface area contributed by atoms with Gasteiger partial charge in [-0.05, 0) is 65.6 Å². The van der Waals surface area contributed by atoms with Crippen molar-refractivity contribution in [3.63, 3.8) is 0 Å². The highest BCUT2D eigenvalue weighted by molar-refractivity contribution is 5.90. The minimum absolute atomic E-state index is 0.0727. The lowest BCUT2D eigenvalue weighted by Crippen LogP contribution is -2.30. The maximum atomic E-state index is 13.4. The zero-order valence-electron chi connectivity index (χ0n) is 18.4. The summed E-state index contributed by atoms with van der Waals surface area (Å²) >= 11 is 0. The van der Waals surface area contributed by atoms with E-state index < -0.39 is 11.6 Å². The Kier molecular flexibility index (Phi) is 6.84. The van der Waals surface area contributed by atoms with E-state index in [1.54, 1.807) is 6.07 Å². The second-order valence-corrected chi connectivity index (χ2v) is 8.79. The molecule has 0 aliphatic heterocycles. The van der Waals surface area contributed by atoms with Gasteiger partial charge in [0.1, 0.15) is 0 Å². The molecule has 0 atom stereocenters. The topological polar surface area (TPSA) is 52.9 Å². The molecule has 1 aliphatic carbocycles. The van der Waals surface area contributed by atoms with Gasteiger partial charge in [-0.3, -0.25) is 4.79 Å². The van der Waals surface area contributed by atoms with Crippen molar-refractivity contribution in [2.24, 2.45) is 0 Å². The number of halogens is 2. The van der Waals surface area contributed by atoms with Crippen LogP contribution in [0, 0.1) is 23.0 Å². The molecule has 0 aromatic heterocycles. The van der Waals surface area contributed by atoms with Gasteiger partial charge in [0, 0.05) is 18.2 Å². The molecule has 1 saturated carbocycles. The van der Waals surface area contributed by atoms with Crippen LogP contribution in [-0.4, -0.2) is 5.91 Å². The van der Waals surface area contributed by atoms with Gasteiger partial charge in [0.2, 0.25) is 5.91 Å². The number of benzene rings is 3. The van der Waals surface area contributed by atoms with Crippen LogP contribution in [0.15, 0.2) is 66.7 Å². The zero-order chi connectivity index (χ0) is 23.3. The van der Waals surface area contributed by atoms with Gasteiger partial charge in [0.05, 0.1) is 11.6 Å². The number of nitriles is 1. The molecule has 0 bridgehead atoms. The molecular weight excluding hydrogens is 418 g/mol. The molecule has 1 N–H and O–H groups in total. The number of nitrogens with one attached hydrogen (secondary N) is 1. The summed E-state index contributed by atoms with van der Waals surface area (Å²) in [6.07, 6.45) is 6.50. The van der Waals surface area contributed by atoms with Crippen LogP contribution in [-0.2, 0) is 10.2 Å². The Hall–Kier alpha value is -3.52. The van der Waals surface area contributed by atoms with Gasteiger partial charge in [-0.1, -0.05) is 55.7 Å². The van der Waals surface area contributed by atoms with Crippen LogP contribution >= 0.6 is 0 Å². The summed E-state index contributed by atoms with van der Waals surface area (Å²) in [7, 11) is 0. The van der Waals surface area contributed by atoms with Gasteiger partial charge in [-0.25, -0.2) is 8.78 Å². The molecule has 0 spiro atoms. The molecule has 3 nitrogen and oxygen atoms in total. The largest absolute Gasteiger partial charge is 0.326 e. The van der Waals surface area contributed by atoms with E-state index in [9.17, 15) is 13.6 Å². The quantitative estimate of drug-likeness (QED) is 0.440. The maximum absolute atomic E-state index is 13.4. The van der Waals surface area contributed by atoms with Crippen LogP contribution < -0.4 is 5.32 Å². The number of hydrogen-bond donors (Lipinski definition) is 1. The SMILES string of the molecule is N#Cc1cccc(-c2ccc(C3(CCC(=O)Nc4ccc(F)c(F)c4)CCCCC3)cc2)c1. The summed E-state index contributed by atoms with van der Waals surface area (Å²) in [6.45, 7) is 0. The van der Waals surface area contributed by atoms with Crippen molar-refractivity contribution >= 4 is 11.6 Å². The molecule has 33 heavy (non-hydrogen) atoms. The van der Waals surface area contributed by atoms with Crippen molar-refractivity contribution in [2.45, 2.75) is 50.4 Å². The molecule has 0 saturated heterocycles. The number of nitrogens with zero attached hydrogens (tertiary/aromatic N) is 1. The standard InChI is InChI=1S/C28H26F2N2O/c29-25-12-11-24(18-26(25)30)32-27(33)13-16-28(14-2-1-3-15-28)23-9-7-21(8-10-23)22-6-4-5-20(17-22)19-31/h4-12,17-18H,1-3,13-16H2,(H,32,33). The van der Waals surface area contributed by atoms with Crippen LogP contribution in [0.5, 0.6) is 0 Å². The van der Waals surface area contributed by atoms with Gasteiger partial charge < -0.3 is 5.32 Å². The lowest BCUT2D eigenvalue weighted by molar-refractivity contribution is -0.116. The Balaban J connectivity index is 1.49. The highest BCUT2D eigenvalue weighted by Crippen LogP contribution is 2.43. The summed E-state index contributed by atoms with van der Waals surface area (Å²) in [5.41, 5.74) is 4.11. The number of carbonyl (C=O) groups excluding carboxylic acids is 1. The predicted octanol–water partition coefficient (Wildman–Crippen LogP) is 7.12. The van der Waals surface area contributed by atoms with Gasteiger partial charge >= 0.3 is 0 Å². The third-order valence-electron chi connectivity index (χ3n) is 6.67. The Bertz CT molecular complexity index is 1180. The number of hydrogen-bond acceptors (Lipinski definition) is 2. The Morgan fingerprint density at radius 2 is 1.67 bits per heavy atom. The van der Waals surface area contributed by atoms with E-state index in [1.165, 1.54) is 18.1 Å². The fourth-order valence-electron chi connectivity index (χ4n) is 4.85. The molecule has 1 aliphatic rings. The molecule has 1 fully saturated rings. The van der Waals surface area contributed by atoms with Crippen LogP contribution in [0.3, 0.4) is 0 Å². The molecule has 0 heterocycles. The van der Waals surface area contributed by atoms with Crippen molar-refractivity contribution in [3.05, 3.63) is 89.5 Å². The van der Waals surface area contributed by atoms with E-state index in [-0.39, 0.29) is 17.0 Å². The van der Waals surface area contributed by atoms with E-state index in [0.29, 0.717) is 18.4 Å². The first-order chi connectivity index (χ1) is 16.0. The molecule has 1 amide bonds. The highest BCUT2D eigenvalue weighted by Gasteiger charge is 2.34. The molecule has 3 aromatic carbocycles. The van der Waals surface area contributed by atoms with E-state index in [1.807, 2.05) is 18.2 Å². The van der Waals surface area contributed by atoms with Crippen molar-refractivity contribution in [2.75, 3.05) is 5.32 Å². The lowest BCUT2D eigenvalue weighted by Gasteiger charge is -2.38. The number of amides is 1. The first-order valence-electron chi connectivity index (χ1n) is 11.4. The predicted molar refractivity (Wildman–Crippen MR) is 126 cm³/mol. The van der Waals surface area contributed by atoms with E-state index in [4.69, 9.17) is 5.26 Å². The smallest absolute Gasteiger partial charge is 0.224 e. The Morgan fingerprint density at radius 1 is 0.909 bits per heavy atom. The second-order valence-electron chi connectivity index (χ2n) is 8.79. The normalized spacial score (nSPS) is 14.9. The summed E-state index contributed by atoms with van der Waals surface area (Å²) in [6, 6.07) is 21.6. The van der Waals surface area contributed by atoms with Crippen molar-refractivity contribution in [1.29, 1.82) is 5.26 Å². The van der Waals surface area contributed by atoms with Crippen LogP contribution in [0.2, 0.25) is 0 Å². The molecule has 0 radical (unpaired) electrons. The molecule has 3 aromatic rings. The Morgan fingerprint density at radius 3 is 2.36 bits per heavy atom. The minimum atomic E-state index is -0.975. The van der Waals surface area contributed by atoms with Crippen LogP contribution in [0.25, 0.3) is 11.1 Å². The summed E-state index contributed by atoms with van der Waals surface area (Å²) in [5, 5.41) is 11.8. The lowest BCUT2D eigenvalue weighted by atomic mass is 9.66. The highest BCUT2D eigenvalue weighted by atomic mass is 19.2. The molecule has 4 rings (SSSR count). The summed E-state index contributed by atoms with van der Waals surface area (Å²) < 4.78 is 26.6. The first kappa shape index (κ1) is 22.7. The van der Waals surface area contributed by atoms with Crippen molar-refractivity contribution < 1.29 is 13.6 Å². The average Bonchev–Trinajstić information content (AvgIpc) is 2.86. The molecular formula is C28H26F2N2O. The number of carbonyl (C=O) groups is 1. The maximum Gasteiger partial charge on any atom is 0.224 e.